The van der Waals surface area contributed by atoms with Gasteiger partial charge in [-0.2, -0.15) is 4.68 Å². The van der Waals surface area contributed by atoms with E-state index < -0.39 is 11.4 Å². The molecule has 0 bridgehead atoms. The van der Waals surface area contributed by atoms with Crippen molar-refractivity contribution >= 4 is 5.97 Å². The molecule has 1 aliphatic heterocycles. The fraction of sp³-hybridized carbons (Fsp3) is 0.385. The van der Waals surface area contributed by atoms with Gasteiger partial charge in [0, 0.05) is 13.0 Å². The highest BCUT2D eigenvalue weighted by Gasteiger charge is 2.44. The van der Waals surface area contributed by atoms with E-state index in [9.17, 15) is 9.90 Å². The lowest BCUT2D eigenvalue weighted by atomic mass is 9.83. The second kappa shape index (κ2) is 5.01. The number of carbonyl (C=O) groups is 1. The summed E-state index contributed by atoms with van der Waals surface area (Å²) in [4.78, 5) is 11.5. The first-order valence-electron chi connectivity index (χ1n) is 6.35. The summed E-state index contributed by atoms with van der Waals surface area (Å²) in [5, 5.41) is 21.0. The van der Waals surface area contributed by atoms with Crippen LogP contribution in [0.25, 0.3) is 5.69 Å². The average Bonchev–Trinajstić information content (AvgIpc) is 3.10. The third kappa shape index (κ3) is 2.16. The highest BCUT2D eigenvalue weighted by atomic mass is 16.5. The Morgan fingerprint density at radius 1 is 1.40 bits per heavy atom. The summed E-state index contributed by atoms with van der Waals surface area (Å²) >= 11 is 0. The number of rotatable bonds is 4. The van der Waals surface area contributed by atoms with Crippen LogP contribution in [0.1, 0.15) is 12.2 Å². The number of tetrazole rings is 1. The molecule has 7 nitrogen and oxygen atoms in total. The molecule has 0 aliphatic carbocycles. The van der Waals surface area contributed by atoms with E-state index in [4.69, 9.17) is 4.74 Å². The van der Waals surface area contributed by atoms with E-state index >= 15 is 0 Å². The lowest BCUT2D eigenvalue weighted by Crippen LogP contribution is -2.34. The molecule has 1 unspecified atom stereocenters. The molecule has 1 N–H and O–H groups in total. The highest BCUT2D eigenvalue weighted by Crippen LogP contribution is 2.32. The summed E-state index contributed by atoms with van der Waals surface area (Å²) < 4.78 is 6.83. The SMILES string of the molecule is O=C(O)C1(Cc2nnnn2-c2ccccc2)CCOC1. The van der Waals surface area contributed by atoms with Crippen LogP contribution in [-0.4, -0.2) is 44.5 Å². The van der Waals surface area contributed by atoms with Crippen LogP contribution in [0.15, 0.2) is 30.3 Å². The summed E-state index contributed by atoms with van der Waals surface area (Å²) in [6.45, 7) is 0.656. The normalized spacial score (nSPS) is 22.0. The minimum atomic E-state index is -0.929. The van der Waals surface area contributed by atoms with Crippen LogP contribution < -0.4 is 0 Å². The Bertz CT molecular complexity index is 605. The molecule has 1 fully saturated rings. The van der Waals surface area contributed by atoms with Gasteiger partial charge in [0.15, 0.2) is 5.82 Å². The summed E-state index contributed by atoms with van der Waals surface area (Å²) in [5.41, 5.74) is -0.117. The van der Waals surface area contributed by atoms with Crippen molar-refractivity contribution in [3.05, 3.63) is 36.2 Å². The number of hydrogen-bond donors (Lipinski definition) is 1. The maximum absolute atomic E-state index is 11.5. The van der Waals surface area contributed by atoms with Gasteiger partial charge >= 0.3 is 5.97 Å². The first kappa shape index (κ1) is 12.7. The maximum Gasteiger partial charge on any atom is 0.312 e. The van der Waals surface area contributed by atoms with Gasteiger partial charge in [0.2, 0.25) is 0 Å². The van der Waals surface area contributed by atoms with E-state index in [0.29, 0.717) is 18.9 Å². The molecule has 0 spiro atoms. The van der Waals surface area contributed by atoms with Crippen molar-refractivity contribution in [2.75, 3.05) is 13.2 Å². The van der Waals surface area contributed by atoms with Crippen molar-refractivity contribution < 1.29 is 14.6 Å². The molecule has 1 aliphatic rings. The zero-order chi connectivity index (χ0) is 14.0. The molecule has 20 heavy (non-hydrogen) atoms. The molecule has 0 saturated carbocycles. The Morgan fingerprint density at radius 3 is 2.85 bits per heavy atom. The summed E-state index contributed by atoms with van der Waals surface area (Å²) in [6.07, 6.45) is 0.730. The third-order valence-corrected chi connectivity index (χ3v) is 3.59. The standard InChI is InChI=1S/C13H14N4O3/c18-12(19)13(6-7-20-9-13)8-11-14-15-16-17(11)10-4-2-1-3-5-10/h1-5H,6-9H2,(H,18,19). The van der Waals surface area contributed by atoms with Crippen molar-refractivity contribution in [1.82, 2.24) is 20.2 Å². The lowest BCUT2D eigenvalue weighted by molar-refractivity contribution is -0.149. The van der Waals surface area contributed by atoms with Crippen LogP contribution in [0.3, 0.4) is 0 Å². The van der Waals surface area contributed by atoms with E-state index in [1.54, 1.807) is 4.68 Å². The number of benzene rings is 1. The minimum Gasteiger partial charge on any atom is -0.481 e. The van der Waals surface area contributed by atoms with Crippen molar-refractivity contribution in [2.24, 2.45) is 5.41 Å². The predicted molar refractivity (Wildman–Crippen MR) is 68.4 cm³/mol. The predicted octanol–water partition coefficient (Wildman–Crippen LogP) is 0.696. The topological polar surface area (TPSA) is 90.1 Å². The van der Waals surface area contributed by atoms with Gasteiger partial charge in [-0.15, -0.1) is 5.10 Å². The fourth-order valence-corrected chi connectivity index (χ4v) is 2.38. The van der Waals surface area contributed by atoms with E-state index in [1.165, 1.54) is 0 Å². The van der Waals surface area contributed by atoms with Gasteiger partial charge in [0.05, 0.1) is 12.3 Å². The van der Waals surface area contributed by atoms with E-state index in [1.807, 2.05) is 30.3 Å². The Labute approximate surface area is 115 Å². The van der Waals surface area contributed by atoms with Crippen LogP contribution in [-0.2, 0) is 16.0 Å². The Kier molecular flexibility index (Phi) is 3.19. The lowest BCUT2D eigenvalue weighted by Gasteiger charge is -2.20. The quantitative estimate of drug-likeness (QED) is 0.882. The van der Waals surface area contributed by atoms with E-state index in [-0.39, 0.29) is 13.0 Å². The van der Waals surface area contributed by atoms with Crippen LogP contribution in [0.2, 0.25) is 0 Å². The molecule has 1 aromatic carbocycles. The zero-order valence-corrected chi connectivity index (χ0v) is 10.8. The molecule has 1 aromatic heterocycles. The number of hydrogen-bond acceptors (Lipinski definition) is 5. The van der Waals surface area contributed by atoms with Crippen molar-refractivity contribution in [2.45, 2.75) is 12.8 Å². The number of carboxylic acids is 1. The molecule has 0 amide bonds. The smallest absolute Gasteiger partial charge is 0.312 e. The van der Waals surface area contributed by atoms with Gasteiger partial charge in [-0.1, -0.05) is 18.2 Å². The minimum absolute atomic E-state index is 0.198. The Hall–Kier alpha value is -2.28. The second-order valence-electron chi connectivity index (χ2n) is 4.91. The van der Waals surface area contributed by atoms with Gasteiger partial charge in [-0.3, -0.25) is 4.79 Å². The van der Waals surface area contributed by atoms with Crippen molar-refractivity contribution in [3.63, 3.8) is 0 Å². The molecule has 0 radical (unpaired) electrons. The number of aromatic nitrogens is 4. The summed E-state index contributed by atoms with van der Waals surface area (Å²) in [7, 11) is 0. The number of para-hydroxylation sites is 1. The van der Waals surface area contributed by atoms with Crippen LogP contribution >= 0.6 is 0 Å². The number of ether oxygens (including phenoxy) is 1. The number of carboxylic acid groups (broad SMARTS) is 1. The molecule has 2 heterocycles. The van der Waals surface area contributed by atoms with Gasteiger partial charge in [-0.25, -0.2) is 0 Å². The zero-order valence-electron chi connectivity index (χ0n) is 10.8. The van der Waals surface area contributed by atoms with E-state index in [0.717, 1.165) is 5.69 Å². The first-order chi connectivity index (χ1) is 9.71. The highest BCUT2D eigenvalue weighted by molar-refractivity contribution is 5.75. The second-order valence-corrected chi connectivity index (χ2v) is 4.91. The Balaban J connectivity index is 1.93. The molecule has 104 valence electrons. The third-order valence-electron chi connectivity index (χ3n) is 3.59. The average molecular weight is 274 g/mol. The number of aliphatic carboxylic acids is 1. The molecular weight excluding hydrogens is 260 g/mol. The molecule has 1 atom stereocenters. The molecule has 7 heteroatoms. The summed E-state index contributed by atoms with van der Waals surface area (Å²) in [6, 6.07) is 9.41. The monoisotopic (exact) mass is 274 g/mol. The van der Waals surface area contributed by atoms with Crippen molar-refractivity contribution in [3.8, 4) is 5.69 Å². The maximum atomic E-state index is 11.5. The largest absolute Gasteiger partial charge is 0.481 e. The van der Waals surface area contributed by atoms with Crippen LogP contribution in [0.5, 0.6) is 0 Å². The Morgan fingerprint density at radius 2 is 2.20 bits per heavy atom. The molecule has 2 aromatic rings. The molecule has 1 saturated heterocycles. The molecule has 3 rings (SSSR count). The van der Waals surface area contributed by atoms with E-state index in [2.05, 4.69) is 15.5 Å². The van der Waals surface area contributed by atoms with Crippen LogP contribution in [0, 0.1) is 5.41 Å². The van der Waals surface area contributed by atoms with Gasteiger partial charge < -0.3 is 9.84 Å². The first-order valence-corrected chi connectivity index (χ1v) is 6.35. The number of nitrogens with zero attached hydrogens (tertiary/aromatic N) is 4. The van der Waals surface area contributed by atoms with Gasteiger partial charge in [-0.05, 0) is 29.0 Å². The van der Waals surface area contributed by atoms with Crippen LogP contribution in [0.4, 0.5) is 0 Å². The molecular formula is C13H14N4O3. The van der Waals surface area contributed by atoms with Gasteiger partial charge in [0.1, 0.15) is 5.41 Å². The summed E-state index contributed by atoms with van der Waals surface area (Å²) in [5.74, 6) is -0.332. The fourth-order valence-electron chi connectivity index (χ4n) is 2.38. The van der Waals surface area contributed by atoms with Gasteiger partial charge in [0.25, 0.3) is 0 Å². The van der Waals surface area contributed by atoms with Crippen molar-refractivity contribution in [1.29, 1.82) is 0 Å².